The molecule has 1 aromatic carbocycles. The Labute approximate surface area is 168 Å². The molecular weight excluding hydrogens is 368 g/mol. The van der Waals surface area contributed by atoms with Crippen LogP contribution >= 0.6 is 12.6 Å². The zero-order chi connectivity index (χ0) is 18.4. The summed E-state index contributed by atoms with van der Waals surface area (Å²) in [7, 11) is 8.16. The van der Waals surface area contributed by atoms with Crippen LogP contribution in [0.5, 0.6) is 0 Å². The highest BCUT2D eigenvalue weighted by Crippen LogP contribution is 2.20. The molecule has 1 atom stereocenters. The van der Waals surface area contributed by atoms with E-state index in [1.807, 2.05) is 47.8 Å². The van der Waals surface area contributed by atoms with Crippen molar-refractivity contribution in [3.8, 4) is 0 Å². The number of nitrogens with zero attached hydrogens (tertiary/aromatic N) is 6. The molecule has 0 aliphatic heterocycles. The second kappa shape index (κ2) is 10.5. The van der Waals surface area contributed by atoms with Gasteiger partial charge in [-0.2, -0.15) is 12.6 Å². The van der Waals surface area contributed by atoms with Crippen LogP contribution in [0.25, 0.3) is 0 Å². The Kier molecular flexibility index (Phi) is 9.12. The highest BCUT2D eigenvalue weighted by molar-refractivity contribution is 7.80. The molecule has 0 amide bonds. The first kappa shape index (κ1) is 22.5. The molecular formula is C18H29ClN6S. The van der Waals surface area contributed by atoms with Crippen LogP contribution in [0.3, 0.4) is 0 Å². The quantitative estimate of drug-likeness (QED) is 0.386. The van der Waals surface area contributed by atoms with Crippen LogP contribution in [-0.2, 0) is 14.1 Å². The summed E-state index contributed by atoms with van der Waals surface area (Å²) in [6, 6.07) is 8.65. The van der Waals surface area contributed by atoms with Crippen molar-refractivity contribution >= 4 is 30.0 Å². The fourth-order valence-electron chi connectivity index (χ4n) is 2.40. The third kappa shape index (κ3) is 6.00. The second-order valence-corrected chi connectivity index (χ2v) is 6.84. The topological polar surface area (TPSA) is 40.0 Å². The predicted molar refractivity (Wildman–Crippen MR) is 106 cm³/mol. The van der Waals surface area contributed by atoms with E-state index in [4.69, 9.17) is 0 Å². The second-order valence-electron chi connectivity index (χ2n) is 6.47. The fourth-order valence-corrected chi connectivity index (χ4v) is 2.67. The molecule has 0 aliphatic carbocycles. The lowest BCUT2D eigenvalue weighted by Crippen LogP contribution is -3.00. The van der Waals surface area contributed by atoms with Crippen LogP contribution in [-0.4, -0.2) is 48.4 Å². The summed E-state index contributed by atoms with van der Waals surface area (Å²) in [5.74, 6) is 1.68. The van der Waals surface area contributed by atoms with Gasteiger partial charge >= 0.3 is 5.95 Å². The highest BCUT2D eigenvalue weighted by Gasteiger charge is 2.11. The maximum atomic E-state index is 4.36. The van der Waals surface area contributed by atoms with Crippen LogP contribution < -0.4 is 21.9 Å². The molecule has 0 spiro atoms. The summed E-state index contributed by atoms with van der Waals surface area (Å²) in [5.41, 5.74) is 2.02. The number of aromatic nitrogens is 2. The van der Waals surface area contributed by atoms with Crippen LogP contribution in [0.2, 0.25) is 0 Å². The molecule has 0 saturated carbocycles. The minimum atomic E-state index is 0. The molecule has 1 unspecified atom stereocenters. The van der Waals surface area contributed by atoms with Gasteiger partial charge < -0.3 is 22.2 Å². The minimum absolute atomic E-state index is 0. The Hall–Kier alpha value is -1.57. The van der Waals surface area contributed by atoms with Gasteiger partial charge in [-0.05, 0) is 38.2 Å². The number of aryl methyl sites for hydroxylation is 2. The SMILES string of the molecule is CC(CS)N(C)CCN(C)c1ccc(N=Nc2n(C)cc[n+]2C)cc1.[Cl-]. The summed E-state index contributed by atoms with van der Waals surface area (Å²) in [6.45, 7) is 4.16. The van der Waals surface area contributed by atoms with Gasteiger partial charge in [0.25, 0.3) is 0 Å². The van der Waals surface area contributed by atoms with E-state index in [0.717, 1.165) is 30.5 Å². The Bertz CT molecular complexity index is 681. The van der Waals surface area contributed by atoms with Gasteiger partial charge in [-0.3, -0.25) is 0 Å². The van der Waals surface area contributed by atoms with Crippen molar-refractivity contribution in [1.82, 2.24) is 9.47 Å². The first-order chi connectivity index (χ1) is 11.9. The zero-order valence-electron chi connectivity index (χ0n) is 16.2. The van der Waals surface area contributed by atoms with Crippen molar-refractivity contribution < 1.29 is 17.0 Å². The minimum Gasteiger partial charge on any atom is -1.00 e. The summed E-state index contributed by atoms with van der Waals surface area (Å²) in [6.07, 6.45) is 3.91. The smallest absolute Gasteiger partial charge is 0.421 e. The average Bonchev–Trinajstić information content (AvgIpc) is 2.95. The van der Waals surface area contributed by atoms with Gasteiger partial charge in [0.05, 0.1) is 26.5 Å². The van der Waals surface area contributed by atoms with E-state index in [-0.39, 0.29) is 12.4 Å². The van der Waals surface area contributed by atoms with Gasteiger partial charge in [-0.1, -0.05) is 5.11 Å². The lowest BCUT2D eigenvalue weighted by molar-refractivity contribution is -0.657. The van der Waals surface area contributed by atoms with Gasteiger partial charge in [-0.25, -0.2) is 9.13 Å². The predicted octanol–water partition coefficient (Wildman–Crippen LogP) is -0.0447. The third-order valence-corrected chi connectivity index (χ3v) is 5.02. The first-order valence-corrected chi connectivity index (χ1v) is 9.10. The Morgan fingerprint density at radius 1 is 1.15 bits per heavy atom. The third-order valence-electron chi connectivity index (χ3n) is 4.50. The molecule has 26 heavy (non-hydrogen) atoms. The summed E-state index contributed by atoms with van der Waals surface area (Å²) >= 11 is 4.36. The number of anilines is 1. The van der Waals surface area contributed by atoms with E-state index in [1.165, 1.54) is 5.69 Å². The molecule has 0 bridgehead atoms. The number of imidazole rings is 1. The molecule has 8 heteroatoms. The zero-order valence-corrected chi connectivity index (χ0v) is 17.8. The number of azo groups is 1. The molecule has 0 N–H and O–H groups in total. The van der Waals surface area contributed by atoms with Gasteiger partial charge in [0.2, 0.25) is 0 Å². The Morgan fingerprint density at radius 3 is 2.35 bits per heavy atom. The Morgan fingerprint density at radius 2 is 1.81 bits per heavy atom. The van der Waals surface area contributed by atoms with Crippen molar-refractivity contribution in [3.63, 3.8) is 0 Å². The maximum absolute atomic E-state index is 4.36. The van der Waals surface area contributed by atoms with Crippen molar-refractivity contribution in [3.05, 3.63) is 36.7 Å². The van der Waals surface area contributed by atoms with E-state index < -0.39 is 0 Å². The monoisotopic (exact) mass is 396 g/mol. The summed E-state index contributed by atoms with van der Waals surface area (Å²) in [4.78, 5) is 4.58. The van der Waals surface area contributed by atoms with Crippen LogP contribution in [0, 0.1) is 0 Å². The number of benzene rings is 1. The molecule has 0 fully saturated rings. The largest absolute Gasteiger partial charge is 1.00 e. The van der Waals surface area contributed by atoms with Crippen LogP contribution in [0.15, 0.2) is 46.9 Å². The molecule has 1 aromatic heterocycles. The van der Waals surface area contributed by atoms with Crippen molar-refractivity contribution in [1.29, 1.82) is 0 Å². The summed E-state index contributed by atoms with van der Waals surface area (Å²) in [5, 5.41) is 8.65. The molecule has 2 aromatic rings. The van der Waals surface area contributed by atoms with Crippen LogP contribution in [0.4, 0.5) is 17.3 Å². The normalized spacial score (nSPS) is 12.4. The standard InChI is InChI=1S/C18H28N6S.ClH/c1-15(14-25)21(2)10-11-22(3)17-8-6-16(7-9-17)19-20-18-23(4)12-13-24(18)5;/h6-9,12-13,15H,10-11,14H2,1-5H3;1H. The van der Waals surface area contributed by atoms with E-state index in [2.05, 4.69) is 65.8 Å². The lowest BCUT2D eigenvalue weighted by Gasteiger charge is -2.27. The number of rotatable bonds is 8. The lowest BCUT2D eigenvalue weighted by atomic mass is 10.2. The molecule has 0 radical (unpaired) electrons. The fraction of sp³-hybridized carbons (Fsp3) is 0.500. The van der Waals surface area contributed by atoms with E-state index >= 15 is 0 Å². The summed E-state index contributed by atoms with van der Waals surface area (Å²) < 4.78 is 3.88. The van der Waals surface area contributed by atoms with Crippen molar-refractivity contribution in [2.45, 2.75) is 13.0 Å². The average molecular weight is 397 g/mol. The number of likely N-dealkylation sites (N-methyl/N-ethyl adjacent to an activating group) is 2. The number of hydrogen-bond acceptors (Lipinski definition) is 5. The van der Waals surface area contributed by atoms with Crippen molar-refractivity contribution in [2.24, 2.45) is 24.3 Å². The molecule has 0 aliphatic rings. The van der Waals surface area contributed by atoms with E-state index in [0.29, 0.717) is 6.04 Å². The van der Waals surface area contributed by atoms with Gasteiger partial charge in [0.15, 0.2) is 0 Å². The van der Waals surface area contributed by atoms with Gasteiger partial charge in [0.1, 0.15) is 5.69 Å². The molecule has 0 saturated heterocycles. The van der Waals surface area contributed by atoms with Gasteiger partial charge in [0, 0.05) is 42.7 Å². The Balaban J connectivity index is 0.00000338. The highest BCUT2D eigenvalue weighted by atomic mass is 35.5. The van der Waals surface area contributed by atoms with E-state index in [9.17, 15) is 0 Å². The molecule has 2 rings (SSSR count). The number of halogens is 1. The van der Waals surface area contributed by atoms with E-state index in [1.54, 1.807) is 0 Å². The van der Waals surface area contributed by atoms with Crippen molar-refractivity contribution in [2.75, 3.05) is 37.8 Å². The van der Waals surface area contributed by atoms with Crippen LogP contribution in [0.1, 0.15) is 6.92 Å². The number of thiol groups is 1. The van der Waals surface area contributed by atoms with Gasteiger partial charge in [-0.15, -0.1) is 0 Å². The molecule has 144 valence electrons. The molecule has 6 nitrogen and oxygen atoms in total. The number of hydrogen-bond donors (Lipinski definition) is 1. The molecule has 1 heterocycles. The first-order valence-electron chi connectivity index (χ1n) is 8.47. The maximum Gasteiger partial charge on any atom is 0.421 e.